The predicted octanol–water partition coefficient (Wildman–Crippen LogP) is 3.89. The van der Waals surface area contributed by atoms with E-state index in [9.17, 15) is 23.1 Å². The quantitative estimate of drug-likeness (QED) is 0.854. The second-order valence-electron chi connectivity index (χ2n) is 4.48. The Morgan fingerprint density at radius 3 is 2.32 bits per heavy atom. The van der Waals surface area contributed by atoms with E-state index < -0.39 is 17.8 Å². The summed E-state index contributed by atoms with van der Waals surface area (Å²) in [7, 11) is 0. The molecule has 1 N–H and O–H groups in total. The predicted molar refractivity (Wildman–Crippen MR) is 65.6 cm³/mol. The Kier molecular flexibility index (Phi) is 5.54. The van der Waals surface area contributed by atoms with Crippen molar-refractivity contribution in [1.82, 2.24) is 0 Å². The molecule has 0 aromatic heterocycles. The lowest BCUT2D eigenvalue weighted by atomic mass is 10.0. The van der Waals surface area contributed by atoms with Gasteiger partial charge in [-0.05, 0) is 24.1 Å². The van der Waals surface area contributed by atoms with Crippen LogP contribution in [0.3, 0.4) is 0 Å². The normalized spacial score (nSPS) is 13.3. The summed E-state index contributed by atoms with van der Waals surface area (Å²) in [5.41, 5.74) is -0.432. The molecule has 0 fully saturated rings. The van der Waals surface area contributed by atoms with E-state index >= 15 is 0 Å². The van der Waals surface area contributed by atoms with Gasteiger partial charge in [0.05, 0.1) is 11.7 Å². The molecule has 0 heterocycles. The summed E-state index contributed by atoms with van der Waals surface area (Å²) in [4.78, 5) is 11.5. The van der Waals surface area contributed by atoms with Crippen molar-refractivity contribution in [1.29, 1.82) is 0 Å². The lowest BCUT2D eigenvalue weighted by Crippen LogP contribution is -2.08. The van der Waals surface area contributed by atoms with Crippen molar-refractivity contribution in [3.05, 3.63) is 35.4 Å². The molecule has 0 amide bonds. The van der Waals surface area contributed by atoms with E-state index in [4.69, 9.17) is 0 Å². The molecule has 0 aliphatic heterocycles. The van der Waals surface area contributed by atoms with Gasteiger partial charge >= 0.3 is 6.18 Å². The van der Waals surface area contributed by atoms with Gasteiger partial charge < -0.3 is 5.11 Å². The Labute approximate surface area is 110 Å². The lowest BCUT2D eigenvalue weighted by molar-refractivity contribution is -0.137. The van der Waals surface area contributed by atoms with Gasteiger partial charge in [-0.3, -0.25) is 4.79 Å². The summed E-state index contributed by atoms with van der Waals surface area (Å²) in [6, 6.07) is 4.24. The van der Waals surface area contributed by atoms with Gasteiger partial charge in [0.1, 0.15) is 5.78 Å². The fourth-order valence-electron chi connectivity index (χ4n) is 1.70. The third-order valence-electron chi connectivity index (χ3n) is 2.85. The number of halogens is 3. The van der Waals surface area contributed by atoms with E-state index in [-0.39, 0.29) is 12.2 Å². The molecule has 0 unspecified atom stereocenters. The van der Waals surface area contributed by atoms with Crippen LogP contribution in [-0.2, 0) is 11.0 Å². The molecule has 0 bridgehead atoms. The molecule has 0 aliphatic rings. The van der Waals surface area contributed by atoms with E-state index in [0.717, 1.165) is 25.0 Å². The Morgan fingerprint density at radius 2 is 1.84 bits per heavy atom. The smallest absolute Gasteiger partial charge is 0.388 e. The zero-order valence-electron chi connectivity index (χ0n) is 10.7. The molecule has 0 aliphatic carbocycles. The average molecular weight is 274 g/mol. The zero-order valence-corrected chi connectivity index (χ0v) is 10.7. The Balaban J connectivity index is 2.63. The van der Waals surface area contributed by atoms with Gasteiger partial charge in [0.15, 0.2) is 0 Å². The summed E-state index contributed by atoms with van der Waals surface area (Å²) in [6.45, 7) is 1.96. The van der Waals surface area contributed by atoms with Gasteiger partial charge in [-0.25, -0.2) is 0 Å². The number of benzene rings is 1. The first-order valence-corrected chi connectivity index (χ1v) is 6.21. The summed E-state index contributed by atoms with van der Waals surface area (Å²) in [5, 5.41) is 9.78. The monoisotopic (exact) mass is 274 g/mol. The van der Waals surface area contributed by atoms with E-state index in [1.807, 2.05) is 6.92 Å². The van der Waals surface area contributed by atoms with Crippen molar-refractivity contribution < 1.29 is 23.1 Å². The first kappa shape index (κ1) is 15.7. The van der Waals surface area contributed by atoms with Crippen LogP contribution in [0, 0.1) is 0 Å². The van der Waals surface area contributed by atoms with Crippen molar-refractivity contribution in [3.63, 3.8) is 0 Å². The van der Waals surface area contributed by atoms with Crippen LogP contribution in [0.1, 0.15) is 49.8 Å². The standard InChI is InChI=1S/C14H17F3O2/c1-2-3-4-12(18)9-13(19)10-5-7-11(8-6-10)14(15,16)17/h5-8,13,19H,2-4,9H2,1H3/t13-/m1/s1. The highest BCUT2D eigenvalue weighted by Crippen LogP contribution is 2.30. The van der Waals surface area contributed by atoms with Gasteiger partial charge in [-0.2, -0.15) is 13.2 Å². The first-order chi connectivity index (χ1) is 8.84. The van der Waals surface area contributed by atoms with Crippen LogP contribution >= 0.6 is 0 Å². The SMILES string of the molecule is CCCCC(=O)C[C@@H](O)c1ccc(C(F)(F)F)cc1. The highest BCUT2D eigenvalue weighted by Gasteiger charge is 2.30. The number of unbranched alkanes of at least 4 members (excludes halogenated alkanes) is 1. The number of rotatable bonds is 6. The molecule has 1 aromatic carbocycles. The molecule has 0 spiro atoms. The molecule has 0 saturated heterocycles. The van der Waals surface area contributed by atoms with Crippen LogP contribution in [0.4, 0.5) is 13.2 Å². The minimum absolute atomic E-state index is 0.0502. The lowest BCUT2D eigenvalue weighted by Gasteiger charge is -2.12. The number of carbonyl (C=O) groups is 1. The van der Waals surface area contributed by atoms with Crippen molar-refractivity contribution in [2.45, 2.75) is 44.9 Å². The number of alkyl halides is 3. The molecule has 1 aromatic rings. The highest BCUT2D eigenvalue weighted by atomic mass is 19.4. The van der Waals surface area contributed by atoms with Crippen molar-refractivity contribution >= 4 is 5.78 Å². The molecule has 0 radical (unpaired) electrons. The third kappa shape index (κ3) is 5.03. The van der Waals surface area contributed by atoms with Crippen molar-refractivity contribution in [2.24, 2.45) is 0 Å². The number of hydrogen-bond acceptors (Lipinski definition) is 2. The third-order valence-corrected chi connectivity index (χ3v) is 2.85. The number of ketones is 1. The number of Topliss-reactive ketones (excluding diaryl/α,β-unsaturated/α-hetero) is 1. The number of aliphatic hydroxyl groups excluding tert-OH is 1. The van der Waals surface area contributed by atoms with Gasteiger partial charge in [0.25, 0.3) is 0 Å². The van der Waals surface area contributed by atoms with Gasteiger partial charge in [-0.1, -0.05) is 25.5 Å². The maximum atomic E-state index is 12.4. The van der Waals surface area contributed by atoms with Crippen LogP contribution in [0.25, 0.3) is 0 Å². The summed E-state index contributed by atoms with van der Waals surface area (Å²) in [6.07, 6.45) is -3.42. The molecule has 0 saturated carbocycles. The molecular formula is C14H17F3O2. The molecule has 106 valence electrons. The Hall–Kier alpha value is -1.36. The number of hydrogen-bond donors (Lipinski definition) is 1. The molecule has 2 nitrogen and oxygen atoms in total. The van der Waals surface area contributed by atoms with Crippen LogP contribution in [0.15, 0.2) is 24.3 Å². The largest absolute Gasteiger partial charge is 0.416 e. The number of carbonyl (C=O) groups excluding carboxylic acids is 1. The topological polar surface area (TPSA) is 37.3 Å². The first-order valence-electron chi connectivity index (χ1n) is 6.21. The second-order valence-corrected chi connectivity index (χ2v) is 4.48. The van der Waals surface area contributed by atoms with Crippen molar-refractivity contribution in [3.8, 4) is 0 Å². The second kappa shape index (κ2) is 6.70. The van der Waals surface area contributed by atoms with Gasteiger partial charge in [-0.15, -0.1) is 0 Å². The van der Waals surface area contributed by atoms with Crippen LogP contribution < -0.4 is 0 Å². The Bertz CT molecular complexity index is 410. The fraction of sp³-hybridized carbons (Fsp3) is 0.500. The fourth-order valence-corrected chi connectivity index (χ4v) is 1.70. The zero-order chi connectivity index (χ0) is 14.5. The summed E-state index contributed by atoms with van der Waals surface area (Å²) >= 11 is 0. The van der Waals surface area contributed by atoms with E-state index in [2.05, 4.69) is 0 Å². The van der Waals surface area contributed by atoms with E-state index in [1.165, 1.54) is 12.1 Å². The maximum Gasteiger partial charge on any atom is 0.416 e. The molecule has 5 heteroatoms. The summed E-state index contributed by atoms with van der Waals surface area (Å²) in [5.74, 6) is -0.0748. The van der Waals surface area contributed by atoms with E-state index in [1.54, 1.807) is 0 Å². The van der Waals surface area contributed by atoms with Gasteiger partial charge in [0.2, 0.25) is 0 Å². The number of aliphatic hydroxyl groups is 1. The Morgan fingerprint density at radius 1 is 1.26 bits per heavy atom. The van der Waals surface area contributed by atoms with E-state index in [0.29, 0.717) is 12.0 Å². The highest BCUT2D eigenvalue weighted by molar-refractivity contribution is 5.79. The minimum atomic E-state index is -4.39. The average Bonchev–Trinajstić information content (AvgIpc) is 2.35. The van der Waals surface area contributed by atoms with Crippen LogP contribution in [-0.4, -0.2) is 10.9 Å². The minimum Gasteiger partial charge on any atom is -0.388 e. The molecule has 1 rings (SSSR count). The van der Waals surface area contributed by atoms with Gasteiger partial charge in [0, 0.05) is 12.8 Å². The van der Waals surface area contributed by atoms with Crippen molar-refractivity contribution in [2.75, 3.05) is 0 Å². The van der Waals surface area contributed by atoms with Crippen LogP contribution in [0.5, 0.6) is 0 Å². The summed E-state index contributed by atoms with van der Waals surface area (Å²) < 4.78 is 37.1. The van der Waals surface area contributed by atoms with Crippen LogP contribution in [0.2, 0.25) is 0 Å². The molecular weight excluding hydrogens is 257 g/mol. The maximum absolute atomic E-state index is 12.4. The molecule has 1 atom stereocenters. The molecule has 19 heavy (non-hydrogen) atoms.